The number of nitrogens with one attached hydrogen (secondary N) is 2. The number of hydrogen-bond donors (Lipinski definition) is 3. The van der Waals surface area contributed by atoms with Crippen molar-refractivity contribution in [3.63, 3.8) is 0 Å². The number of nitrogens with zero attached hydrogens (tertiary/aromatic N) is 1. The Morgan fingerprint density at radius 3 is 2.24 bits per heavy atom. The predicted molar refractivity (Wildman–Crippen MR) is 127 cm³/mol. The van der Waals surface area contributed by atoms with Crippen molar-refractivity contribution in [2.24, 2.45) is 5.10 Å². The monoisotopic (exact) mass is 461 g/mol. The third-order valence-electron chi connectivity index (χ3n) is 4.96. The number of hydrogen-bond acceptors (Lipinski definition) is 6. The normalized spacial score (nSPS) is 10.6. The first-order chi connectivity index (χ1) is 16.3. The summed E-state index contributed by atoms with van der Waals surface area (Å²) in [5.41, 5.74) is 4.68. The van der Waals surface area contributed by atoms with Gasteiger partial charge in [0.1, 0.15) is 5.56 Å². The number of carbonyl (C=O) groups excluding carboxylic acids is 2. The number of carboxylic acids is 1. The number of hydrazone groups is 1. The number of rotatable bonds is 8. The fourth-order valence-corrected chi connectivity index (χ4v) is 3.23. The summed E-state index contributed by atoms with van der Waals surface area (Å²) in [6.07, 6.45) is 1.21. The molecule has 2 amide bonds. The standard InChI is InChI=1S/C25H23N3O6/c1-15-6-4-5-7-19(15)24(30)27-18-11-8-16(9-12-18)23(29)28-26-14-17-10-13-20(33-2)22(34-3)21(17)25(31)32/h4-14H,1-3H3,(H,27,30)(H,28,29)(H,31,32)/b26-14+. The van der Waals surface area contributed by atoms with Crippen LogP contribution in [-0.2, 0) is 0 Å². The van der Waals surface area contributed by atoms with Gasteiger partial charge in [-0.25, -0.2) is 10.2 Å². The van der Waals surface area contributed by atoms with E-state index in [0.717, 1.165) is 5.56 Å². The van der Waals surface area contributed by atoms with Crippen molar-refractivity contribution in [1.82, 2.24) is 5.43 Å². The molecule has 0 aliphatic carbocycles. The molecule has 0 aliphatic rings. The van der Waals surface area contributed by atoms with Crippen molar-refractivity contribution in [3.05, 3.63) is 88.5 Å². The number of carbonyl (C=O) groups is 3. The van der Waals surface area contributed by atoms with Crippen LogP contribution in [0.25, 0.3) is 0 Å². The zero-order valence-electron chi connectivity index (χ0n) is 18.8. The van der Waals surface area contributed by atoms with Crippen LogP contribution in [0.3, 0.4) is 0 Å². The Labute approximate surface area is 196 Å². The lowest BCUT2D eigenvalue weighted by Crippen LogP contribution is -2.18. The second-order valence-electron chi connectivity index (χ2n) is 7.12. The highest BCUT2D eigenvalue weighted by molar-refractivity contribution is 6.05. The van der Waals surface area contributed by atoms with Crippen LogP contribution >= 0.6 is 0 Å². The van der Waals surface area contributed by atoms with Crippen LogP contribution in [0.2, 0.25) is 0 Å². The third-order valence-corrected chi connectivity index (χ3v) is 4.96. The van der Waals surface area contributed by atoms with Crippen molar-refractivity contribution >= 4 is 29.7 Å². The van der Waals surface area contributed by atoms with Gasteiger partial charge in [-0.3, -0.25) is 9.59 Å². The molecule has 0 fully saturated rings. The number of benzene rings is 3. The maximum absolute atomic E-state index is 12.4. The molecule has 0 saturated heterocycles. The van der Waals surface area contributed by atoms with Crippen LogP contribution in [0.15, 0.2) is 65.8 Å². The summed E-state index contributed by atoms with van der Waals surface area (Å²) < 4.78 is 10.3. The van der Waals surface area contributed by atoms with Crippen molar-refractivity contribution in [1.29, 1.82) is 0 Å². The molecule has 0 radical (unpaired) electrons. The van der Waals surface area contributed by atoms with Crippen LogP contribution in [0.5, 0.6) is 11.5 Å². The minimum Gasteiger partial charge on any atom is -0.493 e. The van der Waals surface area contributed by atoms with E-state index in [2.05, 4.69) is 15.8 Å². The summed E-state index contributed by atoms with van der Waals surface area (Å²) in [6, 6.07) is 16.5. The van der Waals surface area contributed by atoms with E-state index in [0.29, 0.717) is 16.8 Å². The number of amides is 2. The molecule has 0 spiro atoms. The Hall–Kier alpha value is -4.66. The quantitative estimate of drug-likeness (QED) is 0.347. The van der Waals surface area contributed by atoms with Crippen LogP contribution in [0.4, 0.5) is 5.69 Å². The van der Waals surface area contributed by atoms with Gasteiger partial charge in [0.2, 0.25) is 0 Å². The van der Waals surface area contributed by atoms with Crippen LogP contribution in [-0.4, -0.2) is 43.3 Å². The number of ether oxygens (including phenoxy) is 2. The molecular weight excluding hydrogens is 438 g/mol. The van der Waals surface area contributed by atoms with Crippen LogP contribution in [0, 0.1) is 6.92 Å². The number of aromatic carboxylic acids is 1. The summed E-state index contributed by atoms with van der Waals surface area (Å²) in [5.74, 6) is -1.68. The van der Waals surface area contributed by atoms with Crippen molar-refractivity contribution < 1.29 is 29.0 Å². The Kier molecular flexibility index (Phi) is 7.60. The molecule has 174 valence electrons. The Bertz CT molecular complexity index is 1250. The largest absolute Gasteiger partial charge is 0.493 e. The van der Waals surface area contributed by atoms with Crippen LogP contribution in [0.1, 0.15) is 42.2 Å². The van der Waals surface area contributed by atoms with Gasteiger partial charge in [0.15, 0.2) is 11.5 Å². The van der Waals surface area contributed by atoms with E-state index in [1.165, 1.54) is 38.6 Å². The van der Waals surface area contributed by atoms with Gasteiger partial charge < -0.3 is 19.9 Å². The van der Waals surface area contributed by atoms with Crippen molar-refractivity contribution in [3.8, 4) is 11.5 Å². The highest BCUT2D eigenvalue weighted by Crippen LogP contribution is 2.32. The van der Waals surface area contributed by atoms with E-state index in [1.807, 2.05) is 19.1 Å². The first-order valence-electron chi connectivity index (χ1n) is 10.1. The highest BCUT2D eigenvalue weighted by Gasteiger charge is 2.20. The molecule has 3 rings (SSSR count). The van der Waals surface area contributed by atoms with Gasteiger partial charge in [-0.15, -0.1) is 0 Å². The number of anilines is 1. The molecule has 0 bridgehead atoms. The zero-order chi connectivity index (χ0) is 24.7. The van der Waals surface area contributed by atoms with Crippen LogP contribution < -0.4 is 20.2 Å². The molecule has 3 aromatic carbocycles. The molecule has 9 heteroatoms. The van der Waals surface area contributed by atoms with Crippen molar-refractivity contribution in [2.45, 2.75) is 6.92 Å². The summed E-state index contributed by atoms with van der Waals surface area (Å²) in [7, 11) is 2.73. The average molecular weight is 461 g/mol. The molecule has 0 saturated carbocycles. The molecule has 3 aromatic rings. The number of methoxy groups -OCH3 is 2. The van der Waals surface area contributed by atoms with Gasteiger partial charge in [0.05, 0.1) is 20.4 Å². The summed E-state index contributed by atoms with van der Waals surface area (Å²) >= 11 is 0. The lowest BCUT2D eigenvalue weighted by molar-refractivity contribution is 0.0692. The molecule has 0 aromatic heterocycles. The minimum atomic E-state index is -1.23. The molecule has 0 aliphatic heterocycles. The van der Waals surface area contributed by atoms with E-state index < -0.39 is 11.9 Å². The van der Waals surface area contributed by atoms with Gasteiger partial charge in [-0.1, -0.05) is 18.2 Å². The topological polar surface area (TPSA) is 126 Å². The lowest BCUT2D eigenvalue weighted by Gasteiger charge is -2.12. The molecular formula is C25H23N3O6. The lowest BCUT2D eigenvalue weighted by atomic mass is 10.1. The maximum atomic E-state index is 12.4. The summed E-state index contributed by atoms with van der Waals surface area (Å²) in [5, 5.41) is 16.2. The number of aryl methyl sites for hydroxylation is 1. The van der Waals surface area contributed by atoms with Gasteiger partial charge in [-0.05, 0) is 55.0 Å². The Morgan fingerprint density at radius 2 is 1.62 bits per heavy atom. The Balaban J connectivity index is 1.68. The van der Waals surface area contributed by atoms with E-state index in [1.54, 1.807) is 30.3 Å². The summed E-state index contributed by atoms with van der Waals surface area (Å²) in [6.45, 7) is 1.85. The van der Waals surface area contributed by atoms with E-state index in [-0.39, 0.29) is 28.5 Å². The van der Waals surface area contributed by atoms with E-state index in [4.69, 9.17) is 9.47 Å². The number of carboxylic acid groups (broad SMARTS) is 1. The molecule has 34 heavy (non-hydrogen) atoms. The highest BCUT2D eigenvalue weighted by atomic mass is 16.5. The van der Waals surface area contributed by atoms with Gasteiger partial charge in [0.25, 0.3) is 11.8 Å². The van der Waals surface area contributed by atoms with E-state index in [9.17, 15) is 19.5 Å². The fourth-order valence-electron chi connectivity index (χ4n) is 3.23. The molecule has 0 heterocycles. The zero-order valence-corrected chi connectivity index (χ0v) is 18.8. The smallest absolute Gasteiger partial charge is 0.340 e. The second kappa shape index (κ2) is 10.8. The average Bonchev–Trinajstić information content (AvgIpc) is 2.83. The third kappa shape index (κ3) is 5.39. The molecule has 0 atom stereocenters. The van der Waals surface area contributed by atoms with Gasteiger partial charge in [0, 0.05) is 22.4 Å². The fraction of sp³-hybridized carbons (Fsp3) is 0.120. The molecule has 3 N–H and O–H groups in total. The van der Waals surface area contributed by atoms with Crippen molar-refractivity contribution in [2.75, 3.05) is 19.5 Å². The second-order valence-corrected chi connectivity index (χ2v) is 7.12. The minimum absolute atomic E-state index is 0.0496. The van der Waals surface area contributed by atoms with Gasteiger partial charge >= 0.3 is 5.97 Å². The van der Waals surface area contributed by atoms with E-state index >= 15 is 0 Å². The Morgan fingerprint density at radius 1 is 0.912 bits per heavy atom. The summed E-state index contributed by atoms with van der Waals surface area (Å²) in [4.78, 5) is 36.5. The first-order valence-corrected chi connectivity index (χ1v) is 10.1. The van der Waals surface area contributed by atoms with Gasteiger partial charge in [-0.2, -0.15) is 5.10 Å². The predicted octanol–water partition coefficient (Wildman–Crippen LogP) is 3.73. The molecule has 9 nitrogen and oxygen atoms in total. The first kappa shape index (κ1) is 24.0. The molecule has 0 unspecified atom stereocenters. The maximum Gasteiger partial charge on any atom is 0.340 e. The SMILES string of the molecule is COc1ccc(/C=N/NC(=O)c2ccc(NC(=O)c3ccccc3C)cc2)c(C(=O)O)c1OC.